The molecule has 0 radical (unpaired) electrons. The monoisotopic (exact) mass is 444 g/mol. The topological polar surface area (TPSA) is 20.2 Å². The summed E-state index contributed by atoms with van der Waals surface area (Å²) < 4.78 is 2.07. The lowest BCUT2D eigenvalue weighted by molar-refractivity contribution is 0.217. The first-order valence-electron chi connectivity index (χ1n) is 6.53. The van der Waals surface area contributed by atoms with Gasteiger partial charge in [0.15, 0.2) is 0 Å². The molecular formula is C17H18BrIO. The third-order valence-electron chi connectivity index (χ3n) is 3.95. The first-order valence-corrected chi connectivity index (χ1v) is 8.40. The van der Waals surface area contributed by atoms with E-state index in [1.165, 1.54) is 22.3 Å². The molecule has 0 aromatic heterocycles. The molecule has 2 aromatic rings. The maximum Gasteiger partial charge on any atom is 0.106 e. The highest BCUT2D eigenvalue weighted by molar-refractivity contribution is 14.1. The Morgan fingerprint density at radius 1 is 1.00 bits per heavy atom. The molecule has 0 aliphatic rings. The van der Waals surface area contributed by atoms with Crippen molar-refractivity contribution in [3.63, 3.8) is 0 Å². The van der Waals surface area contributed by atoms with Crippen molar-refractivity contribution >= 4 is 38.5 Å². The van der Waals surface area contributed by atoms with Crippen molar-refractivity contribution in [2.45, 2.75) is 33.8 Å². The van der Waals surface area contributed by atoms with Crippen LogP contribution in [0.4, 0.5) is 0 Å². The third kappa shape index (κ3) is 2.95. The van der Waals surface area contributed by atoms with Gasteiger partial charge in [0.05, 0.1) is 0 Å². The third-order valence-corrected chi connectivity index (χ3v) is 5.43. The SMILES string of the molecule is Cc1cc(C)c(C)c(C(O)c2cc(Br)ccc2I)c1C. The molecule has 1 unspecified atom stereocenters. The molecule has 20 heavy (non-hydrogen) atoms. The molecular weight excluding hydrogens is 427 g/mol. The van der Waals surface area contributed by atoms with Gasteiger partial charge in [-0.05, 0) is 102 Å². The van der Waals surface area contributed by atoms with E-state index in [0.717, 1.165) is 19.2 Å². The van der Waals surface area contributed by atoms with Gasteiger partial charge in [-0.15, -0.1) is 0 Å². The van der Waals surface area contributed by atoms with Crippen molar-refractivity contribution in [1.82, 2.24) is 0 Å². The molecule has 2 aromatic carbocycles. The van der Waals surface area contributed by atoms with Crippen molar-refractivity contribution in [3.05, 3.63) is 65.7 Å². The van der Waals surface area contributed by atoms with Gasteiger partial charge in [-0.1, -0.05) is 22.0 Å². The highest BCUT2D eigenvalue weighted by atomic mass is 127. The van der Waals surface area contributed by atoms with Gasteiger partial charge in [-0.3, -0.25) is 0 Å². The van der Waals surface area contributed by atoms with E-state index >= 15 is 0 Å². The smallest absolute Gasteiger partial charge is 0.106 e. The second-order valence-electron chi connectivity index (χ2n) is 5.24. The van der Waals surface area contributed by atoms with Crippen molar-refractivity contribution < 1.29 is 5.11 Å². The Kier molecular flexibility index (Phi) is 4.92. The molecule has 1 nitrogen and oxygen atoms in total. The predicted octanol–water partition coefficient (Wildman–Crippen LogP) is 5.37. The Balaban J connectivity index is 2.65. The van der Waals surface area contributed by atoms with Crippen molar-refractivity contribution in [1.29, 1.82) is 0 Å². The summed E-state index contributed by atoms with van der Waals surface area (Å²) in [7, 11) is 0. The fourth-order valence-corrected chi connectivity index (χ4v) is 3.55. The van der Waals surface area contributed by atoms with Crippen LogP contribution in [0.15, 0.2) is 28.7 Å². The van der Waals surface area contributed by atoms with Crippen LogP contribution in [0.3, 0.4) is 0 Å². The Labute approximate surface area is 142 Å². The van der Waals surface area contributed by atoms with E-state index in [1.54, 1.807) is 0 Å². The molecule has 0 heterocycles. The van der Waals surface area contributed by atoms with Crippen LogP contribution in [0.5, 0.6) is 0 Å². The number of aliphatic hydroxyl groups excluding tert-OH is 1. The van der Waals surface area contributed by atoms with E-state index in [4.69, 9.17) is 0 Å². The molecule has 0 bridgehead atoms. The fourth-order valence-electron chi connectivity index (χ4n) is 2.54. The average Bonchev–Trinajstić information content (AvgIpc) is 2.39. The molecule has 0 saturated heterocycles. The highest BCUT2D eigenvalue weighted by Crippen LogP contribution is 2.34. The standard InChI is InChI=1S/C17H18BrIO/c1-9-7-10(2)12(4)16(11(9)3)17(20)14-8-13(18)5-6-15(14)19/h5-8,17,20H,1-4H3. The minimum Gasteiger partial charge on any atom is -0.384 e. The number of aliphatic hydroxyl groups is 1. The van der Waals surface area contributed by atoms with E-state index in [-0.39, 0.29) is 0 Å². The predicted molar refractivity (Wildman–Crippen MR) is 96.3 cm³/mol. The molecule has 0 amide bonds. The minimum absolute atomic E-state index is 0.585. The van der Waals surface area contributed by atoms with E-state index in [0.29, 0.717) is 0 Å². The molecule has 1 atom stereocenters. The summed E-state index contributed by atoms with van der Waals surface area (Å²) >= 11 is 5.77. The first-order chi connectivity index (χ1) is 9.32. The Hall–Kier alpha value is -0.390. The summed E-state index contributed by atoms with van der Waals surface area (Å²) in [6.07, 6.45) is -0.585. The van der Waals surface area contributed by atoms with E-state index in [1.807, 2.05) is 18.2 Å². The number of aryl methyl sites for hydroxylation is 2. The fraction of sp³-hybridized carbons (Fsp3) is 0.294. The number of hydrogen-bond donors (Lipinski definition) is 1. The van der Waals surface area contributed by atoms with Crippen LogP contribution in [-0.4, -0.2) is 5.11 Å². The molecule has 1 N–H and O–H groups in total. The molecule has 0 saturated carbocycles. The summed E-state index contributed by atoms with van der Waals surface area (Å²) in [6, 6.07) is 8.21. The van der Waals surface area contributed by atoms with E-state index in [9.17, 15) is 5.11 Å². The van der Waals surface area contributed by atoms with Gasteiger partial charge in [0.25, 0.3) is 0 Å². The quantitative estimate of drug-likeness (QED) is 0.617. The van der Waals surface area contributed by atoms with E-state index in [2.05, 4.69) is 72.3 Å². The van der Waals surface area contributed by atoms with Gasteiger partial charge in [-0.2, -0.15) is 0 Å². The maximum absolute atomic E-state index is 10.9. The second kappa shape index (κ2) is 6.16. The summed E-state index contributed by atoms with van der Waals surface area (Å²) in [5.41, 5.74) is 6.81. The molecule has 0 fully saturated rings. The van der Waals surface area contributed by atoms with Crippen LogP contribution in [-0.2, 0) is 0 Å². The Morgan fingerprint density at radius 2 is 1.55 bits per heavy atom. The molecule has 0 aliphatic heterocycles. The number of benzene rings is 2. The van der Waals surface area contributed by atoms with E-state index < -0.39 is 6.10 Å². The maximum atomic E-state index is 10.9. The van der Waals surface area contributed by atoms with Gasteiger partial charge in [0.1, 0.15) is 6.10 Å². The van der Waals surface area contributed by atoms with Gasteiger partial charge in [0, 0.05) is 8.04 Å². The molecule has 2 rings (SSSR count). The Bertz CT molecular complexity index is 638. The van der Waals surface area contributed by atoms with Gasteiger partial charge in [-0.25, -0.2) is 0 Å². The molecule has 3 heteroatoms. The summed E-state index contributed by atoms with van der Waals surface area (Å²) in [5.74, 6) is 0. The number of hydrogen-bond acceptors (Lipinski definition) is 1. The zero-order valence-corrected chi connectivity index (χ0v) is 15.8. The molecule has 106 valence electrons. The summed E-state index contributed by atoms with van der Waals surface area (Å²) in [4.78, 5) is 0. The van der Waals surface area contributed by atoms with Gasteiger partial charge >= 0.3 is 0 Å². The van der Waals surface area contributed by atoms with Crippen molar-refractivity contribution in [3.8, 4) is 0 Å². The molecule has 0 aliphatic carbocycles. The Morgan fingerprint density at radius 3 is 2.10 bits per heavy atom. The van der Waals surface area contributed by atoms with Gasteiger partial charge < -0.3 is 5.11 Å². The summed E-state index contributed by atoms with van der Waals surface area (Å²) in [6.45, 7) is 8.38. The largest absolute Gasteiger partial charge is 0.384 e. The lowest BCUT2D eigenvalue weighted by Gasteiger charge is -2.21. The first kappa shape index (κ1) is 16.0. The van der Waals surface area contributed by atoms with Crippen molar-refractivity contribution in [2.75, 3.05) is 0 Å². The second-order valence-corrected chi connectivity index (χ2v) is 7.32. The van der Waals surface area contributed by atoms with Crippen molar-refractivity contribution in [2.24, 2.45) is 0 Å². The highest BCUT2D eigenvalue weighted by Gasteiger charge is 2.20. The normalized spacial score (nSPS) is 12.6. The molecule has 0 spiro atoms. The van der Waals surface area contributed by atoms with Gasteiger partial charge in [0.2, 0.25) is 0 Å². The lowest BCUT2D eigenvalue weighted by atomic mass is 9.88. The van der Waals surface area contributed by atoms with Crippen LogP contribution >= 0.6 is 38.5 Å². The van der Waals surface area contributed by atoms with Crippen LogP contribution in [0, 0.1) is 31.3 Å². The lowest BCUT2D eigenvalue weighted by Crippen LogP contribution is -2.09. The number of rotatable bonds is 2. The average molecular weight is 445 g/mol. The van der Waals surface area contributed by atoms with Crippen LogP contribution in [0.25, 0.3) is 0 Å². The summed E-state index contributed by atoms with van der Waals surface area (Å²) in [5, 5.41) is 10.9. The zero-order chi connectivity index (χ0) is 15.0. The number of halogens is 2. The van der Waals surface area contributed by atoms with Crippen LogP contribution < -0.4 is 0 Å². The van der Waals surface area contributed by atoms with Crippen LogP contribution in [0.1, 0.15) is 39.5 Å². The van der Waals surface area contributed by atoms with Crippen LogP contribution in [0.2, 0.25) is 0 Å². The zero-order valence-electron chi connectivity index (χ0n) is 12.1. The minimum atomic E-state index is -0.585.